The van der Waals surface area contributed by atoms with E-state index in [4.69, 9.17) is 9.47 Å². The maximum atomic E-state index is 12.4. The number of carbonyl (C=O) groups excluding carboxylic acids is 1. The molecule has 1 amide bonds. The van der Waals surface area contributed by atoms with Gasteiger partial charge in [0.05, 0.1) is 25.9 Å². The number of benzene rings is 1. The Labute approximate surface area is 119 Å². The maximum Gasteiger partial charge on any atom is 0.244 e. The number of hydrogen-bond acceptors (Lipinski definition) is 4. The molecule has 1 aromatic carbocycles. The molecule has 1 aliphatic rings. The van der Waals surface area contributed by atoms with Gasteiger partial charge in [-0.2, -0.15) is 0 Å². The van der Waals surface area contributed by atoms with Gasteiger partial charge in [-0.15, -0.1) is 0 Å². The third-order valence-corrected chi connectivity index (χ3v) is 3.49. The van der Waals surface area contributed by atoms with E-state index in [1.54, 1.807) is 25.2 Å². The highest BCUT2D eigenvalue weighted by Crippen LogP contribution is 2.30. The molecule has 5 nitrogen and oxygen atoms in total. The van der Waals surface area contributed by atoms with E-state index in [0.29, 0.717) is 11.5 Å². The van der Waals surface area contributed by atoms with Crippen molar-refractivity contribution < 1.29 is 14.3 Å². The summed E-state index contributed by atoms with van der Waals surface area (Å²) in [6, 6.07) is 5.45. The van der Waals surface area contributed by atoms with Crippen LogP contribution < -0.4 is 19.7 Å². The van der Waals surface area contributed by atoms with Crippen LogP contribution in [-0.4, -0.2) is 39.3 Å². The molecule has 0 saturated carbocycles. The number of rotatable bonds is 6. The van der Waals surface area contributed by atoms with Gasteiger partial charge in [0.2, 0.25) is 5.91 Å². The molecule has 1 aromatic rings. The van der Waals surface area contributed by atoms with E-state index in [1.165, 1.54) is 0 Å². The number of anilines is 1. The Kier molecular flexibility index (Phi) is 4.84. The van der Waals surface area contributed by atoms with Crippen LogP contribution in [0.3, 0.4) is 0 Å². The summed E-state index contributed by atoms with van der Waals surface area (Å²) in [5.41, 5.74) is 0.826. The minimum absolute atomic E-state index is 0.0767. The van der Waals surface area contributed by atoms with Gasteiger partial charge < -0.3 is 19.7 Å². The van der Waals surface area contributed by atoms with Gasteiger partial charge in [-0.05, 0) is 19.4 Å². The fourth-order valence-corrected chi connectivity index (χ4v) is 2.39. The number of nitrogens with one attached hydrogen (secondary N) is 1. The van der Waals surface area contributed by atoms with Crippen LogP contribution in [-0.2, 0) is 4.79 Å². The van der Waals surface area contributed by atoms with Crippen LogP contribution in [0.4, 0.5) is 5.69 Å². The smallest absolute Gasteiger partial charge is 0.244 e. The zero-order valence-electron chi connectivity index (χ0n) is 12.3. The van der Waals surface area contributed by atoms with Gasteiger partial charge in [-0.3, -0.25) is 4.79 Å². The Morgan fingerprint density at radius 3 is 2.45 bits per heavy atom. The molecule has 5 heteroatoms. The lowest BCUT2D eigenvalue weighted by atomic mass is 10.2. The quantitative estimate of drug-likeness (QED) is 0.862. The minimum Gasteiger partial charge on any atom is -0.497 e. The van der Waals surface area contributed by atoms with Crippen molar-refractivity contribution in [2.45, 2.75) is 25.8 Å². The number of carbonyl (C=O) groups is 1. The molecule has 0 aliphatic carbocycles. The second-order valence-electron chi connectivity index (χ2n) is 4.86. The predicted octanol–water partition coefficient (Wildman–Crippen LogP) is 1.81. The first kappa shape index (κ1) is 14.7. The van der Waals surface area contributed by atoms with Gasteiger partial charge in [0.15, 0.2) is 0 Å². The highest BCUT2D eigenvalue weighted by atomic mass is 16.5. The maximum absolute atomic E-state index is 12.4. The van der Waals surface area contributed by atoms with Crippen LogP contribution in [0, 0.1) is 0 Å². The molecule has 0 spiro atoms. The summed E-state index contributed by atoms with van der Waals surface area (Å²) in [4.78, 5) is 14.2. The van der Waals surface area contributed by atoms with Crippen molar-refractivity contribution in [1.82, 2.24) is 5.32 Å². The van der Waals surface area contributed by atoms with Crippen LogP contribution >= 0.6 is 0 Å². The SMILES string of the molecule is CCCNC1CCN(c2cc(OC)cc(OC)c2)C1=O. The molecule has 20 heavy (non-hydrogen) atoms. The minimum atomic E-state index is -0.0767. The Balaban J connectivity index is 2.17. The summed E-state index contributed by atoms with van der Waals surface area (Å²) in [5, 5.41) is 3.28. The van der Waals surface area contributed by atoms with Crippen LogP contribution in [0.25, 0.3) is 0 Å². The van der Waals surface area contributed by atoms with Crippen LogP contribution in [0.2, 0.25) is 0 Å². The molecule has 2 rings (SSSR count). The van der Waals surface area contributed by atoms with Crippen molar-refractivity contribution >= 4 is 11.6 Å². The lowest BCUT2D eigenvalue weighted by Gasteiger charge is -2.19. The summed E-state index contributed by atoms with van der Waals surface area (Å²) >= 11 is 0. The van der Waals surface area contributed by atoms with E-state index in [2.05, 4.69) is 12.2 Å². The summed E-state index contributed by atoms with van der Waals surface area (Å²) in [6.45, 7) is 3.68. The molecule has 1 saturated heterocycles. The highest BCUT2D eigenvalue weighted by molar-refractivity contribution is 5.99. The Morgan fingerprint density at radius 2 is 1.90 bits per heavy atom. The molecule has 0 radical (unpaired) electrons. The third-order valence-electron chi connectivity index (χ3n) is 3.49. The fraction of sp³-hybridized carbons (Fsp3) is 0.533. The van der Waals surface area contributed by atoms with Crippen molar-refractivity contribution in [3.05, 3.63) is 18.2 Å². The first-order valence-corrected chi connectivity index (χ1v) is 6.97. The largest absolute Gasteiger partial charge is 0.497 e. The number of nitrogens with zero attached hydrogens (tertiary/aromatic N) is 1. The summed E-state index contributed by atoms with van der Waals surface area (Å²) in [5.74, 6) is 1.50. The van der Waals surface area contributed by atoms with Gasteiger partial charge in [0.25, 0.3) is 0 Å². The third kappa shape index (κ3) is 3.04. The normalized spacial score (nSPS) is 18.4. The topological polar surface area (TPSA) is 50.8 Å². The molecular formula is C15H22N2O3. The highest BCUT2D eigenvalue weighted by Gasteiger charge is 2.32. The van der Waals surface area contributed by atoms with Crippen molar-refractivity contribution in [3.63, 3.8) is 0 Å². The number of methoxy groups -OCH3 is 2. The van der Waals surface area contributed by atoms with Gasteiger partial charge in [-0.1, -0.05) is 6.92 Å². The zero-order valence-corrected chi connectivity index (χ0v) is 12.3. The molecule has 110 valence electrons. The second-order valence-corrected chi connectivity index (χ2v) is 4.86. The van der Waals surface area contributed by atoms with E-state index in [0.717, 1.165) is 31.6 Å². The van der Waals surface area contributed by atoms with Gasteiger partial charge in [-0.25, -0.2) is 0 Å². The van der Waals surface area contributed by atoms with E-state index in [-0.39, 0.29) is 11.9 Å². The van der Waals surface area contributed by atoms with Crippen LogP contribution in [0.5, 0.6) is 11.5 Å². The predicted molar refractivity (Wildman–Crippen MR) is 78.6 cm³/mol. The molecule has 1 aliphatic heterocycles. The van der Waals surface area contributed by atoms with E-state index < -0.39 is 0 Å². The lowest BCUT2D eigenvalue weighted by molar-refractivity contribution is -0.118. The number of hydrogen-bond donors (Lipinski definition) is 1. The first-order chi connectivity index (χ1) is 9.69. The van der Waals surface area contributed by atoms with Crippen molar-refractivity contribution in [3.8, 4) is 11.5 Å². The summed E-state index contributed by atoms with van der Waals surface area (Å²) in [7, 11) is 3.21. The molecule has 0 bridgehead atoms. The fourth-order valence-electron chi connectivity index (χ4n) is 2.39. The number of amides is 1. The molecule has 1 fully saturated rings. The summed E-state index contributed by atoms with van der Waals surface area (Å²) in [6.07, 6.45) is 1.86. The van der Waals surface area contributed by atoms with E-state index >= 15 is 0 Å². The van der Waals surface area contributed by atoms with Gasteiger partial charge >= 0.3 is 0 Å². The molecule has 1 heterocycles. The first-order valence-electron chi connectivity index (χ1n) is 6.97. The monoisotopic (exact) mass is 278 g/mol. The summed E-state index contributed by atoms with van der Waals surface area (Å²) < 4.78 is 10.5. The second kappa shape index (κ2) is 6.61. The molecule has 1 N–H and O–H groups in total. The zero-order chi connectivity index (χ0) is 14.5. The van der Waals surface area contributed by atoms with Gasteiger partial charge in [0, 0.05) is 24.7 Å². The van der Waals surface area contributed by atoms with Crippen molar-refractivity contribution in [2.24, 2.45) is 0 Å². The van der Waals surface area contributed by atoms with Crippen molar-refractivity contribution in [1.29, 1.82) is 0 Å². The average molecular weight is 278 g/mol. The Morgan fingerprint density at radius 1 is 1.25 bits per heavy atom. The number of ether oxygens (including phenoxy) is 2. The van der Waals surface area contributed by atoms with Crippen molar-refractivity contribution in [2.75, 3.05) is 32.2 Å². The standard InChI is InChI=1S/C15H22N2O3/c1-4-6-16-14-5-7-17(15(14)18)11-8-12(19-2)10-13(9-11)20-3/h8-10,14,16H,4-7H2,1-3H3. The van der Waals surface area contributed by atoms with Gasteiger partial charge in [0.1, 0.15) is 11.5 Å². The van der Waals surface area contributed by atoms with Crippen LogP contribution in [0.15, 0.2) is 18.2 Å². The molecule has 0 aromatic heterocycles. The van der Waals surface area contributed by atoms with E-state index in [1.807, 2.05) is 12.1 Å². The molecule has 1 atom stereocenters. The molecular weight excluding hydrogens is 256 g/mol. The molecule has 1 unspecified atom stereocenters. The Bertz CT molecular complexity index is 454. The Hall–Kier alpha value is -1.75. The average Bonchev–Trinajstić information content (AvgIpc) is 2.85. The lowest BCUT2D eigenvalue weighted by Crippen LogP contribution is -2.38. The van der Waals surface area contributed by atoms with E-state index in [9.17, 15) is 4.79 Å². The van der Waals surface area contributed by atoms with Crippen LogP contribution in [0.1, 0.15) is 19.8 Å².